The third-order valence-corrected chi connectivity index (χ3v) is 7.60. The molecule has 0 aromatic carbocycles. The smallest absolute Gasteiger partial charge is 0.311 e. The molecule has 0 aromatic rings. The topological polar surface area (TPSA) is 46.5 Å². The lowest BCUT2D eigenvalue weighted by Gasteiger charge is -2.60. The standard InChI is InChI=1S/C21H32O3/c1-6-19(2)11-8-15-14(13-19)16(22)12-17-20(15,3)9-7-10-21(17,4)18(23)24-5/h6,13,15-17,22H,1,7-12H2,2-5H3/t15-,16+,17+,19+,20+,21-/m1/s1. The van der Waals surface area contributed by atoms with Gasteiger partial charge in [0.1, 0.15) is 0 Å². The van der Waals surface area contributed by atoms with E-state index in [0.717, 1.165) is 32.1 Å². The maximum absolute atomic E-state index is 12.6. The molecule has 2 fully saturated rings. The number of fused-ring (bicyclic) bond motifs is 3. The van der Waals surface area contributed by atoms with E-state index in [1.807, 2.05) is 6.08 Å². The number of aliphatic hydroxyl groups is 1. The predicted octanol–water partition coefficient (Wildman–Crippen LogP) is 4.27. The van der Waals surface area contributed by atoms with Gasteiger partial charge < -0.3 is 9.84 Å². The van der Waals surface area contributed by atoms with Crippen molar-refractivity contribution >= 4 is 5.97 Å². The Morgan fingerprint density at radius 1 is 1.33 bits per heavy atom. The Labute approximate surface area is 146 Å². The van der Waals surface area contributed by atoms with Crippen LogP contribution in [0.5, 0.6) is 0 Å². The molecule has 0 aromatic heterocycles. The van der Waals surface area contributed by atoms with Crippen LogP contribution in [-0.4, -0.2) is 24.3 Å². The number of ether oxygens (including phenoxy) is 1. The predicted molar refractivity (Wildman–Crippen MR) is 95.3 cm³/mol. The average Bonchev–Trinajstić information content (AvgIpc) is 2.56. The minimum Gasteiger partial charge on any atom is -0.469 e. The molecular formula is C21H32O3. The molecule has 0 spiro atoms. The second-order valence-electron chi connectivity index (χ2n) is 9.02. The van der Waals surface area contributed by atoms with Crippen molar-refractivity contribution in [1.82, 2.24) is 0 Å². The number of hydrogen-bond donors (Lipinski definition) is 1. The summed E-state index contributed by atoms with van der Waals surface area (Å²) in [5.41, 5.74) is 0.759. The fraction of sp³-hybridized carbons (Fsp3) is 0.762. The molecule has 0 radical (unpaired) electrons. The molecule has 6 atom stereocenters. The maximum Gasteiger partial charge on any atom is 0.311 e. The van der Waals surface area contributed by atoms with Crippen LogP contribution in [0.1, 0.15) is 59.3 Å². The van der Waals surface area contributed by atoms with Crippen molar-refractivity contribution in [2.24, 2.45) is 28.1 Å². The molecule has 3 aliphatic carbocycles. The van der Waals surface area contributed by atoms with E-state index in [9.17, 15) is 9.90 Å². The summed E-state index contributed by atoms with van der Waals surface area (Å²) in [5, 5.41) is 10.9. The molecule has 0 heterocycles. The first kappa shape index (κ1) is 17.7. The summed E-state index contributed by atoms with van der Waals surface area (Å²) in [4.78, 5) is 12.6. The second-order valence-corrected chi connectivity index (χ2v) is 9.02. The van der Waals surface area contributed by atoms with Crippen molar-refractivity contribution in [3.05, 3.63) is 24.3 Å². The highest BCUT2D eigenvalue weighted by Gasteiger charge is 2.60. The Morgan fingerprint density at radius 3 is 2.67 bits per heavy atom. The fourth-order valence-electron chi connectivity index (χ4n) is 6.07. The summed E-state index contributed by atoms with van der Waals surface area (Å²) in [6.45, 7) is 10.6. The molecule has 3 aliphatic rings. The van der Waals surface area contributed by atoms with Gasteiger partial charge in [0.25, 0.3) is 0 Å². The first-order chi connectivity index (χ1) is 11.2. The maximum atomic E-state index is 12.6. The van der Waals surface area contributed by atoms with E-state index in [4.69, 9.17) is 4.74 Å². The van der Waals surface area contributed by atoms with Gasteiger partial charge in [0, 0.05) is 5.41 Å². The highest BCUT2D eigenvalue weighted by atomic mass is 16.5. The van der Waals surface area contributed by atoms with Gasteiger partial charge in [-0.25, -0.2) is 0 Å². The summed E-state index contributed by atoms with van der Waals surface area (Å²) in [6, 6.07) is 0. The van der Waals surface area contributed by atoms with E-state index in [1.165, 1.54) is 12.7 Å². The number of rotatable bonds is 2. The molecule has 3 rings (SSSR count). The number of hydrogen-bond acceptors (Lipinski definition) is 3. The van der Waals surface area contributed by atoms with Gasteiger partial charge in [-0.3, -0.25) is 4.79 Å². The van der Waals surface area contributed by atoms with Crippen LogP contribution in [-0.2, 0) is 9.53 Å². The first-order valence-corrected chi connectivity index (χ1v) is 9.33. The van der Waals surface area contributed by atoms with Crippen LogP contribution >= 0.6 is 0 Å². The molecule has 0 bridgehead atoms. The van der Waals surface area contributed by atoms with Gasteiger partial charge in [0.05, 0.1) is 18.6 Å². The summed E-state index contributed by atoms with van der Waals surface area (Å²) < 4.78 is 5.16. The number of allylic oxidation sites excluding steroid dienone is 2. The van der Waals surface area contributed by atoms with Gasteiger partial charge in [-0.2, -0.15) is 0 Å². The van der Waals surface area contributed by atoms with Gasteiger partial charge in [-0.05, 0) is 61.9 Å². The van der Waals surface area contributed by atoms with Crippen LogP contribution in [0.4, 0.5) is 0 Å². The molecule has 3 nitrogen and oxygen atoms in total. The summed E-state index contributed by atoms with van der Waals surface area (Å²) in [7, 11) is 1.49. The minimum atomic E-state index is -0.479. The normalized spacial score (nSPS) is 47.9. The lowest BCUT2D eigenvalue weighted by atomic mass is 9.44. The van der Waals surface area contributed by atoms with Gasteiger partial charge in [0.15, 0.2) is 0 Å². The van der Waals surface area contributed by atoms with E-state index in [-0.39, 0.29) is 22.7 Å². The molecule has 134 valence electrons. The molecule has 0 aliphatic heterocycles. The van der Waals surface area contributed by atoms with Crippen LogP contribution < -0.4 is 0 Å². The monoisotopic (exact) mass is 332 g/mol. The molecule has 0 saturated heterocycles. The van der Waals surface area contributed by atoms with Crippen molar-refractivity contribution in [3.8, 4) is 0 Å². The van der Waals surface area contributed by atoms with Crippen LogP contribution in [0.25, 0.3) is 0 Å². The van der Waals surface area contributed by atoms with E-state index < -0.39 is 11.5 Å². The lowest BCUT2D eigenvalue weighted by Crippen LogP contribution is -2.57. The van der Waals surface area contributed by atoms with Crippen molar-refractivity contribution in [2.45, 2.75) is 65.4 Å². The quantitative estimate of drug-likeness (QED) is 0.607. The highest BCUT2D eigenvalue weighted by Crippen LogP contribution is 2.64. The number of carbonyl (C=O) groups is 1. The number of aliphatic hydroxyl groups excluding tert-OH is 1. The largest absolute Gasteiger partial charge is 0.469 e. The Hall–Kier alpha value is -1.09. The average molecular weight is 332 g/mol. The van der Waals surface area contributed by atoms with Gasteiger partial charge in [0.2, 0.25) is 0 Å². The zero-order valence-electron chi connectivity index (χ0n) is 15.6. The number of carbonyl (C=O) groups excluding carboxylic acids is 1. The van der Waals surface area contributed by atoms with Gasteiger partial charge >= 0.3 is 5.97 Å². The van der Waals surface area contributed by atoms with E-state index in [0.29, 0.717) is 12.3 Å². The second kappa shape index (κ2) is 5.72. The fourth-order valence-corrected chi connectivity index (χ4v) is 6.07. The van der Waals surface area contributed by atoms with Gasteiger partial charge in [-0.1, -0.05) is 32.4 Å². The Bertz CT molecular complexity index is 580. The number of esters is 1. The molecule has 3 heteroatoms. The van der Waals surface area contributed by atoms with Crippen LogP contribution in [0, 0.1) is 28.1 Å². The molecule has 0 amide bonds. The molecule has 2 saturated carbocycles. The minimum absolute atomic E-state index is 0.0175. The SMILES string of the molecule is C=C[C@]1(C)C=C2[C@@H](CC1)[C@]1(C)CCC[C@@](C)(C(=O)OC)[C@H]1C[C@@H]2O. The third kappa shape index (κ3) is 2.39. The van der Waals surface area contributed by atoms with E-state index >= 15 is 0 Å². The third-order valence-electron chi connectivity index (χ3n) is 7.60. The zero-order chi connectivity index (χ0) is 17.8. The van der Waals surface area contributed by atoms with Crippen LogP contribution in [0.15, 0.2) is 24.3 Å². The number of methoxy groups -OCH3 is 1. The van der Waals surface area contributed by atoms with Crippen molar-refractivity contribution in [2.75, 3.05) is 7.11 Å². The summed E-state index contributed by atoms with van der Waals surface area (Å²) in [6.07, 6.45) is 9.67. The Morgan fingerprint density at radius 2 is 2.04 bits per heavy atom. The first-order valence-electron chi connectivity index (χ1n) is 9.33. The van der Waals surface area contributed by atoms with Crippen molar-refractivity contribution < 1.29 is 14.6 Å². The molecule has 1 N–H and O–H groups in total. The van der Waals surface area contributed by atoms with E-state index in [2.05, 4.69) is 33.4 Å². The summed E-state index contributed by atoms with van der Waals surface area (Å²) >= 11 is 0. The van der Waals surface area contributed by atoms with E-state index in [1.54, 1.807) is 0 Å². The highest BCUT2D eigenvalue weighted by molar-refractivity contribution is 5.77. The Kier molecular flexibility index (Phi) is 4.23. The lowest BCUT2D eigenvalue weighted by molar-refractivity contribution is -0.171. The zero-order valence-corrected chi connectivity index (χ0v) is 15.6. The Balaban J connectivity index is 2.04. The molecule has 24 heavy (non-hydrogen) atoms. The van der Waals surface area contributed by atoms with Crippen LogP contribution in [0.2, 0.25) is 0 Å². The summed E-state index contributed by atoms with van der Waals surface area (Å²) in [5.74, 6) is 0.435. The van der Waals surface area contributed by atoms with Gasteiger partial charge in [-0.15, -0.1) is 6.58 Å². The molecule has 0 unspecified atom stereocenters. The molecular weight excluding hydrogens is 300 g/mol. The van der Waals surface area contributed by atoms with Crippen molar-refractivity contribution in [3.63, 3.8) is 0 Å². The van der Waals surface area contributed by atoms with Crippen LogP contribution in [0.3, 0.4) is 0 Å². The van der Waals surface area contributed by atoms with Crippen molar-refractivity contribution in [1.29, 1.82) is 0 Å².